The summed E-state index contributed by atoms with van der Waals surface area (Å²) in [6.45, 7) is 7.22. The second-order valence-electron chi connectivity index (χ2n) is 4.97. The van der Waals surface area contributed by atoms with Crippen molar-refractivity contribution in [1.82, 2.24) is 4.90 Å². The van der Waals surface area contributed by atoms with Crippen LogP contribution >= 0.6 is 0 Å². The van der Waals surface area contributed by atoms with Crippen molar-refractivity contribution in [3.8, 4) is 0 Å². The molecular formula is C14H23N3O. The molecule has 1 aliphatic heterocycles. The number of nitrogens with two attached hydrogens (primary N) is 1. The lowest BCUT2D eigenvalue weighted by Crippen LogP contribution is -2.48. The van der Waals surface area contributed by atoms with E-state index in [2.05, 4.69) is 28.0 Å². The Hall–Kier alpha value is -1.10. The van der Waals surface area contributed by atoms with Gasteiger partial charge in [-0.25, -0.2) is 0 Å². The van der Waals surface area contributed by atoms with Crippen molar-refractivity contribution < 1.29 is 5.11 Å². The largest absolute Gasteiger partial charge is 0.392 e. The molecule has 1 heterocycles. The summed E-state index contributed by atoms with van der Waals surface area (Å²) in [6.07, 6.45) is -0.243. The minimum Gasteiger partial charge on any atom is -0.392 e. The molecule has 100 valence electrons. The fraction of sp³-hybridized carbons (Fsp3) is 0.571. The van der Waals surface area contributed by atoms with Crippen LogP contribution in [0.4, 0.5) is 5.69 Å². The average Bonchev–Trinajstić information content (AvgIpc) is 2.39. The molecule has 0 bridgehead atoms. The van der Waals surface area contributed by atoms with Gasteiger partial charge in [0.1, 0.15) is 0 Å². The third-order valence-corrected chi connectivity index (χ3v) is 3.45. The van der Waals surface area contributed by atoms with Crippen LogP contribution in [0.15, 0.2) is 24.3 Å². The van der Waals surface area contributed by atoms with E-state index in [-0.39, 0.29) is 6.10 Å². The van der Waals surface area contributed by atoms with E-state index in [1.165, 1.54) is 11.3 Å². The van der Waals surface area contributed by atoms with E-state index >= 15 is 0 Å². The number of aliphatic hydroxyl groups is 1. The molecule has 0 saturated carbocycles. The summed E-state index contributed by atoms with van der Waals surface area (Å²) in [5.41, 5.74) is 8.25. The quantitative estimate of drug-likeness (QED) is 0.822. The molecule has 4 heteroatoms. The molecule has 0 aliphatic carbocycles. The van der Waals surface area contributed by atoms with Gasteiger partial charge in [-0.3, -0.25) is 4.90 Å². The number of hydrogen-bond acceptors (Lipinski definition) is 4. The first-order valence-electron chi connectivity index (χ1n) is 6.64. The predicted molar refractivity (Wildman–Crippen MR) is 74.7 cm³/mol. The van der Waals surface area contributed by atoms with Crippen LogP contribution in [0.2, 0.25) is 0 Å². The SMILES string of the molecule is CC(O)CN1CCN(c2ccccc2CN)CC1. The molecule has 18 heavy (non-hydrogen) atoms. The molecule has 0 aromatic heterocycles. The van der Waals surface area contributed by atoms with Gasteiger partial charge in [0.25, 0.3) is 0 Å². The molecule has 0 amide bonds. The van der Waals surface area contributed by atoms with Gasteiger partial charge in [-0.05, 0) is 18.6 Å². The van der Waals surface area contributed by atoms with Crippen LogP contribution in [0.1, 0.15) is 12.5 Å². The average molecular weight is 249 g/mol. The Morgan fingerprint density at radius 3 is 2.50 bits per heavy atom. The van der Waals surface area contributed by atoms with E-state index < -0.39 is 0 Å². The zero-order valence-corrected chi connectivity index (χ0v) is 11.0. The Kier molecular flexibility index (Phi) is 4.58. The van der Waals surface area contributed by atoms with E-state index in [1.807, 2.05) is 13.0 Å². The molecule has 1 fully saturated rings. The number of β-amino-alcohol motifs (C(OH)–C–C–N with tert-alkyl or cyclic N) is 1. The number of benzene rings is 1. The molecule has 0 radical (unpaired) electrons. The van der Waals surface area contributed by atoms with Crippen molar-refractivity contribution in [1.29, 1.82) is 0 Å². The lowest BCUT2D eigenvalue weighted by atomic mass is 10.1. The van der Waals surface area contributed by atoms with Crippen molar-refractivity contribution in [3.63, 3.8) is 0 Å². The molecule has 1 saturated heterocycles. The van der Waals surface area contributed by atoms with Gasteiger partial charge < -0.3 is 15.7 Å². The molecular weight excluding hydrogens is 226 g/mol. The molecule has 2 rings (SSSR count). The molecule has 1 aromatic carbocycles. The topological polar surface area (TPSA) is 52.7 Å². The van der Waals surface area contributed by atoms with E-state index in [1.54, 1.807) is 0 Å². The fourth-order valence-electron chi connectivity index (χ4n) is 2.54. The second kappa shape index (κ2) is 6.18. The Morgan fingerprint density at radius 1 is 1.22 bits per heavy atom. The first-order chi connectivity index (χ1) is 8.70. The lowest BCUT2D eigenvalue weighted by Gasteiger charge is -2.37. The summed E-state index contributed by atoms with van der Waals surface area (Å²) in [5, 5.41) is 9.40. The molecule has 1 unspecified atom stereocenters. The zero-order valence-electron chi connectivity index (χ0n) is 11.0. The number of piperazine rings is 1. The zero-order chi connectivity index (χ0) is 13.0. The highest BCUT2D eigenvalue weighted by molar-refractivity contribution is 5.53. The monoisotopic (exact) mass is 249 g/mol. The maximum atomic E-state index is 9.40. The van der Waals surface area contributed by atoms with Gasteiger partial charge in [0.05, 0.1) is 6.10 Å². The molecule has 1 atom stereocenters. The Labute approximate surface area is 109 Å². The van der Waals surface area contributed by atoms with Gasteiger partial charge in [0, 0.05) is 45.0 Å². The van der Waals surface area contributed by atoms with Crippen molar-refractivity contribution in [2.24, 2.45) is 5.73 Å². The molecule has 0 spiro atoms. The molecule has 4 nitrogen and oxygen atoms in total. The lowest BCUT2D eigenvalue weighted by molar-refractivity contribution is 0.122. The van der Waals surface area contributed by atoms with Crippen LogP contribution in [0.5, 0.6) is 0 Å². The summed E-state index contributed by atoms with van der Waals surface area (Å²) in [6, 6.07) is 8.34. The number of aliphatic hydroxyl groups excluding tert-OH is 1. The maximum absolute atomic E-state index is 9.40. The van der Waals surface area contributed by atoms with Crippen LogP contribution in [-0.2, 0) is 6.54 Å². The highest BCUT2D eigenvalue weighted by atomic mass is 16.3. The molecule has 1 aliphatic rings. The Bertz CT molecular complexity index is 373. The third-order valence-electron chi connectivity index (χ3n) is 3.45. The summed E-state index contributed by atoms with van der Waals surface area (Å²) < 4.78 is 0. The third kappa shape index (κ3) is 3.22. The molecule has 3 N–H and O–H groups in total. The van der Waals surface area contributed by atoms with Crippen LogP contribution in [0, 0.1) is 0 Å². The smallest absolute Gasteiger partial charge is 0.0639 e. The number of hydrogen-bond donors (Lipinski definition) is 2. The Morgan fingerprint density at radius 2 is 1.89 bits per heavy atom. The number of nitrogens with zero attached hydrogens (tertiary/aromatic N) is 2. The van der Waals surface area contributed by atoms with Crippen molar-refractivity contribution >= 4 is 5.69 Å². The number of rotatable bonds is 4. The minimum atomic E-state index is -0.243. The van der Waals surface area contributed by atoms with Crippen molar-refractivity contribution in [2.45, 2.75) is 19.6 Å². The van der Waals surface area contributed by atoms with Gasteiger partial charge >= 0.3 is 0 Å². The van der Waals surface area contributed by atoms with E-state index in [4.69, 9.17) is 5.73 Å². The van der Waals surface area contributed by atoms with Crippen LogP contribution in [0.3, 0.4) is 0 Å². The van der Waals surface area contributed by atoms with Gasteiger partial charge in [-0.1, -0.05) is 18.2 Å². The second-order valence-corrected chi connectivity index (χ2v) is 4.97. The van der Waals surface area contributed by atoms with Crippen molar-refractivity contribution in [2.75, 3.05) is 37.6 Å². The van der Waals surface area contributed by atoms with Crippen LogP contribution < -0.4 is 10.6 Å². The standard InChI is InChI=1S/C14H23N3O/c1-12(18)11-16-6-8-17(9-7-16)14-5-3-2-4-13(14)10-15/h2-5,12,18H,6-11,15H2,1H3. The molecule has 1 aromatic rings. The fourth-order valence-corrected chi connectivity index (χ4v) is 2.54. The van der Waals surface area contributed by atoms with E-state index in [9.17, 15) is 5.11 Å². The normalized spacial score (nSPS) is 18.9. The number of anilines is 1. The minimum absolute atomic E-state index is 0.243. The van der Waals surface area contributed by atoms with E-state index in [0.717, 1.165) is 32.7 Å². The highest BCUT2D eigenvalue weighted by Crippen LogP contribution is 2.21. The van der Waals surface area contributed by atoms with Crippen molar-refractivity contribution in [3.05, 3.63) is 29.8 Å². The summed E-state index contributed by atoms with van der Waals surface area (Å²) >= 11 is 0. The maximum Gasteiger partial charge on any atom is 0.0639 e. The summed E-state index contributed by atoms with van der Waals surface area (Å²) in [7, 11) is 0. The van der Waals surface area contributed by atoms with Crippen LogP contribution in [-0.4, -0.2) is 48.8 Å². The predicted octanol–water partition coefficient (Wildman–Crippen LogP) is 0.648. The first kappa shape index (κ1) is 13.3. The van der Waals surface area contributed by atoms with Crippen LogP contribution in [0.25, 0.3) is 0 Å². The number of para-hydroxylation sites is 1. The Balaban J connectivity index is 1.97. The van der Waals surface area contributed by atoms with Gasteiger partial charge in [0.15, 0.2) is 0 Å². The highest BCUT2D eigenvalue weighted by Gasteiger charge is 2.19. The van der Waals surface area contributed by atoms with Gasteiger partial charge in [-0.15, -0.1) is 0 Å². The van der Waals surface area contributed by atoms with E-state index in [0.29, 0.717) is 6.54 Å². The van der Waals surface area contributed by atoms with Gasteiger partial charge in [-0.2, -0.15) is 0 Å². The van der Waals surface area contributed by atoms with Gasteiger partial charge in [0.2, 0.25) is 0 Å². The summed E-state index contributed by atoms with van der Waals surface area (Å²) in [4.78, 5) is 4.70. The summed E-state index contributed by atoms with van der Waals surface area (Å²) in [5.74, 6) is 0. The first-order valence-corrected chi connectivity index (χ1v) is 6.64.